The van der Waals surface area contributed by atoms with Crippen LogP contribution in [0.1, 0.15) is 23.5 Å². The van der Waals surface area contributed by atoms with Crippen molar-refractivity contribution in [3.8, 4) is 0 Å². The van der Waals surface area contributed by atoms with Crippen LogP contribution < -0.4 is 11.1 Å². The van der Waals surface area contributed by atoms with E-state index in [1.807, 2.05) is 13.8 Å². The molecule has 102 valence electrons. The molecule has 0 fully saturated rings. The third-order valence-corrected chi connectivity index (χ3v) is 3.56. The minimum absolute atomic E-state index is 0.0900. The van der Waals surface area contributed by atoms with E-state index in [2.05, 4.69) is 10.3 Å². The van der Waals surface area contributed by atoms with Gasteiger partial charge in [-0.1, -0.05) is 11.3 Å². The summed E-state index contributed by atoms with van der Waals surface area (Å²) in [5, 5.41) is 3.53. The number of thiazole rings is 1. The van der Waals surface area contributed by atoms with Crippen molar-refractivity contribution in [2.45, 2.75) is 19.9 Å². The number of anilines is 2. The zero-order valence-electron chi connectivity index (χ0n) is 11.2. The fraction of sp³-hybridized carbons (Fsp3) is 0.636. The minimum atomic E-state index is -0.0986. The molecule has 1 heterocycles. The van der Waals surface area contributed by atoms with Crippen molar-refractivity contribution in [1.82, 2.24) is 9.88 Å². The summed E-state index contributed by atoms with van der Waals surface area (Å²) >= 11 is 1.27. The summed E-state index contributed by atoms with van der Waals surface area (Å²) < 4.78 is 5.02. The molecule has 0 aliphatic carbocycles. The van der Waals surface area contributed by atoms with Gasteiger partial charge >= 0.3 is 0 Å². The van der Waals surface area contributed by atoms with E-state index in [4.69, 9.17) is 10.5 Å². The van der Waals surface area contributed by atoms with Gasteiger partial charge in [-0.2, -0.15) is 0 Å². The number of hydrogen-bond donors (Lipinski definition) is 2. The molecule has 1 aromatic heterocycles. The van der Waals surface area contributed by atoms with Gasteiger partial charge in [-0.25, -0.2) is 4.98 Å². The van der Waals surface area contributed by atoms with Crippen LogP contribution in [0.25, 0.3) is 0 Å². The molecule has 0 aliphatic rings. The average Bonchev–Trinajstić information content (AvgIpc) is 2.70. The maximum absolute atomic E-state index is 12.4. The Kier molecular flexibility index (Phi) is 5.36. The molecule has 0 bridgehead atoms. The number of methoxy groups -OCH3 is 1. The fourth-order valence-corrected chi connectivity index (χ4v) is 2.30. The SMILES string of the molecule is CNc1nc(N)c(C(=O)N(CCOC)C(C)C)s1. The number of aromatic nitrogens is 1. The molecule has 0 saturated heterocycles. The van der Waals surface area contributed by atoms with Crippen molar-refractivity contribution in [3.63, 3.8) is 0 Å². The minimum Gasteiger partial charge on any atom is -0.383 e. The fourth-order valence-electron chi connectivity index (χ4n) is 1.51. The summed E-state index contributed by atoms with van der Waals surface area (Å²) in [7, 11) is 3.36. The number of hydrogen-bond acceptors (Lipinski definition) is 6. The zero-order valence-corrected chi connectivity index (χ0v) is 12.0. The summed E-state index contributed by atoms with van der Waals surface area (Å²) in [5.41, 5.74) is 5.77. The summed E-state index contributed by atoms with van der Waals surface area (Å²) in [5.74, 6) is 0.177. The van der Waals surface area contributed by atoms with Crippen LogP contribution in [0, 0.1) is 0 Å². The number of nitrogens with two attached hydrogens (primary N) is 1. The number of nitrogens with zero attached hydrogens (tertiary/aromatic N) is 2. The molecule has 18 heavy (non-hydrogen) atoms. The maximum Gasteiger partial charge on any atom is 0.268 e. The second kappa shape index (κ2) is 6.55. The van der Waals surface area contributed by atoms with Crippen molar-refractivity contribution in [1.29, 1.82) is 0 Å². The molecule has 0 spiro atoms. The van der Waals surface area contributed by atoms with Crippen LogP contribution in [0.15, 0.2) is 0 Å². The highest BCUT2D eigenvalue weighted by molar-refractivity contribution is 7.18. The van der Waals surface area contributed by atoms with Crippen molar-refractivity contribution < 1.29 is 9.53 Å². The van der Waals surface area contributed by atoms with Gasteiger partial charge in [0.25, 0.3) is 5.91 Å². The Hall–Kier alpha value is -1.34. The van der Waals surface area contributed by atoms with Crippen molar-refractivity contribution in [3.05, 3.63) is 4.88 Å². The van der Waals surface area contributed by atoms with E-state index in [0.29, 0.717) is 23.2 Å². The van der Waals surface area contributed by atoms with Gasteiger partial charge < -0.3 is 20.7 Å². The lowest BCUT2D eigenvalue weighted by molar-refractivity contribution is 0.0640. The Morgan fingerprint density at radius 2 is 2.28 bits per heavy atom. The lowest BCUT2D eigenvalue weighted by Crippen LogP contribution is -2.39. The predicted octanol–water partition coefficient (Wildman–Crippen LogP) is 1.26. The molecule has 0 saturated carbocycles. The van der Waals surface area contributed by atoms with Crippen LogP contribution in [-0.2, 0) is 4.74 Å². The first kappa shape index (κ1) is 14.7. The van der Waals surface area contributed by atoms with Gasteiger partial charge in [-0.05, 0) is 13.8 Å². The number of ether oxygens (including phenoxy) is 1. The Balaban J connectivity index is 2.90. The summed E-state index contributed by atoms with van der Waals surface area (Å²) in [4.78, 5) is 18.7. The Morgan fingerprint density at radius 3 is 2.72 bits per heavy atom. The highest BCUT2D eigenvalue weighted by atomic mass is 32.1. The van der Waals surface area contributed by atoms with Crippen LogP contribution in [0.4, 0.5) is 10.9 Å². The normalized spacial score (nSPS) is 10.7. The molecule has 0 atom stereocenters. The van der Waals surface area contributed by atoms with Gasteiger partial charge in [0, 0.05) is 26.7 Å². The maximum atomic E-state index is 12.4. The van der Waals surface area contributed by atoms with Crippen molar-refractivity contribution in [2.24, 2.45) is 0 Å². The summed E-state index contributed by atoms with van der Waals surface area (Å²) in [6.07, 6.45) is 0. The van der Waals surface area contributed by atoms with E-state index >= 15 is 0 Å². The number of nitrogens with one attached hydrogen (secondary N) is 1. The second-order valence-corrected chi connectivity index (χ2v) is 5.07. The van der Waals surface area contributed by atoms with Crippen molar-refractivity contribution in [2.75, 3.05) is 38.4 Å². The number of carbonyl (C=O) groups is 1. The highest BCUT2D eigenvalue weighted by Gasteiger charge is 2.23. The van der Waals surface area contributed by atoms with E-state index in [1.165, 1.54) is 11.3 Å². The van der Waals surface area contributed by atoms with E-state index in [-0.39, 0.29) is 17.8 Å². The molecule has 6 nitrogen and oxygen atoms in total. The summed E-state index contributed by atoms with van der Waals surface area (Å²) in [6.45, 7) is 4.97. The van der Waals surface area contributed by atoms with Gasteiger partial charge in [0.15, 0.2) is 5.13 Å². The summed E-state index contributed by atoms with van der Waals surface area (Å²) in [6, 6.07) is 0.0900. The smallest absolute Gasteiger partial charge is 0.268 e. The van der Waals surface area contributed by atoms with E-state index in [1.54, 1.807) is 19.1 Å². The van der Waals surface area contributed by atoms with E-state index < -0.39 is 0 Å². The number of rotatable bonds is 6. The standard InChI is InChI=1S/C11H20N4O2S/c1-7(2)15(5-6-17-4)10(16)8-9(12)14-11(13-3)18-8/h7H,5-6,12H2,1-4H3,(H,13,14). The predicted molar refractivity (Wildman–Crippen MR) is 74.1 cm³/mol. The lowest BCUT2D eigenvalue weighted by Gasteiger charge is -2.25. The van der Waals surface area contributed by atoms with E-state index in [0.717, 1.165) is 0 Å². The Morgan fingerprint density at radius 1 is 1.61 bits per heavy atom. The highest BCUT2D eigenvalue weighted by Crippen LogP contribution is 2.26. The van der Waals surface area contributed by atoms with Gasteiger partial charge in [-0.15, -0.1) is 0 Å². The first-order valence-corrected chi connectivity index (χ1v) is 6.56. The number of amides is 1. The molecular weight excluding hydrogens is 252 g/mol. The molecule has 0 aliphatic heterocycles. The van der Waals surface area contributed by atoms with E-state index in [9.17, 15) is 4.79 Å². The van der Waals surface area contributed by atoms with Gasteiger partial charge in [0.05, 0.1) is 6.61 Å². The monoisotopic (exact) mass is 272 g/mol. The largest absolute Gasteiger partial charge is 0.383 e. The van der Waals surface area contributed by atoms with Gasteiger partial charge in [-0.3, -0.25) is 4.79 Å². The number of nitrogen functional groups attached to an aromatic ring is 1. The second-order valence-electron chi connectivity index (χ2n) is 4.07. The van der Waals surface area contributed by atoms with Crippen LogP contribution in [0.3, 0.4) is 0 Å². The average molecular weight is 272 g/mol. The molecule has 0 aromatic carbocycles. The van der Waals surface area contributed by atoms with Crippen LogP contribution >= 0.6 is 11.3 Å². The molecule has 0 radical (unpaired) electrons. The molecule has 7 heteroatoms. The van der Waals surface area contributed by atoms with Crippen molar-refractivity contribution >= 4 is 28.2 Å². The topological polar surface area (TPSA) is 80.5 Å². The van der Waals surface area contributed by atoms with Gasteiger partial charge in [0.2, 0.25) is 0 Å². The molecular formula is C11H20N4O2S. The van der Waals surface area contributed by atoms with Crippen LogP contribution in [0.5, 0.6) is 0 Å². The quantitative estimate of drug-likeness (QED) is 0.815. The molecule has 1 rings (SSSR count). The lowest BCUT2D eigenvalue weighted by atomic mass is 10.3. The molecule has 0 unspecified atom stereocenters. The Labute approximate surface area is 111 Å². The van der Waals surface area contributed by atoms with Crippen LogP contribution in [0.2, 0.25) is 0 Å². The zero-order chi connectivity index (χ0) is 13.7. The van der Waals surface area contributed by atoms with Crippen LogP contribution in [-0.4, -0.2) is 49.1 Å². The first-order chi connectivity index (χ1) is 8.51. The molecule has 1 amide bonds. The third-order valence-electron chi connectivity index (χ3n) is 2.48. The third kappa shape index (κ3) is 3.33. The molecule has 1 aromatic rings. The first-order valence-electron chi connectivity index (χ1n) is 5.75. The number of carbonyl (C=O) groups excluding carboxylic acids is 1. The molecule has 3 N–H and O–H groups in total. The Bertz CT molecular complexity index is 406. The van der Waals surface area contributed by atoms with Gasteiger partial charge in [0.1, 0.15) is 10.7 Å².